The third-order valence-electron chi connectivity index (χ3n) is 6.25. The SMILES string of the molecule is Cc1cc(O)c(C(C)(C)C)cc1C(c1cc(C(C)(C)C)c(O)cc1C)c1ccccc1O. The van der Waals surface area contributed by atoms with E-state index in [1.807, 2.05) is 44.2 Å². The maximum absolute atomic E-state index is 10.9. The number of rotatable bonds is 3. The van der Waals surface area contributed by atoms with E-state index in [4.69, 9.17) is 0 Å². The van der Waals surface area contributed by atoms with E-state index in [0.29, 0.717) is 0 Å². The summed E-state index contributed by atoms with van der Waals surface area (Å²) in [5.74, 6) is 0.548. The van der Waals surface area contributed by atoms with E-state index in [0.717, 1.165) is 38.9 Å². The standard InChI is InChI=1S/C29H36O3/c1-17-13-25(31)22(28(3,4)5)15-20(17)27(19-11-9-10-12-24(19)30)21-16-23(29(6,7)8)26(32)14-18(21)2/h9-16,27,30-32H,1-8H3. The van der Waals surface area contributed by atoms with Crippen molar-refractivity contribution >= 4 is 0 Å². The molecule has 0 saturated carbocycles. The van der Waals surface area contributed by atoms with E-state index in [2.05, 4.69) is 53.7 Å². The van der Waals surface area contributed by atoms with Gasteiger partial charge in [0.1, 0.15) is 17.2 Å². The second-order valence-electron chi connectivity index (χ2n) is 10.9. The minimum atomic E-state index is -0.250. The fraction of sp³-hybridized carbons (Fsp3) is 0.379. The Bertz CT molecular complexity index is 1070. The van der Waals surface area contributed by atoms with Gasteiger partial charge < -0.3 is 15.3 Å². The topological polar surface area (TPSA) is 60.7 Å². The van der Waals surface area contributed by atoms with Gasteiger partial charge in [0.15, 0.2) is 0 Å². The molecular formula is C29H36O3. The van der Waals surface area contributed by atoms with Crippen molar-refractivity contribution in [3.63, 3.8) is 0 Å². The largest absolute Gasteiger partial charge is 0.508 e. The highest BCUT2D eigenvalue weighted by Crippen LogP contribution is 2.45. The molecule has 3 aromatic carbocycles. The van der Waals surface area contributed by atoms with Crippen LogP contribution in [0.15, 0.2) is 48.5 Å². The molecule has 3 N–H and O–H groups in total. The van der Waals surface area contributed by atoms with E-state index < -0.39 is 0 Å². The summed E-state index contributed by atoms with van der Waals surface area (Å²) < 4.78 is 0. The molecule has 0 aliphatic rings. The number of aromatic hydroxyl groups is 3. The molecule has 170 valence electrons. The first kappa shape index (κ1) is 23.7. The van der Waals surface area contributed by atoms with Crippen molar-refractivity contribution in [2.24, 2.45) is 0 Å². The lowest BCUT2D eigenvalue weighted by Crippen LogP contribution is -2.16. The van der Waals surface area contributed by atoms with Crippen LogP contribution in [0.25, 0.3) is 0 Å². The van der Waals surface area contributed by atoms with Gasteiger partial charge in [-0.2, -0.15) is 0 Å². The van der Waals surface area contributed by atoms with Crippen molar-refractivity contribution in [3.05, 3.63) is 87.5 Å². The Balaban J connectivity index is 2.41. The second kappa shape index (κ2) is 8.20. The second-order valence-corrected chi connectivity index (χ2v) is 10.9. The Labute approximate surface area is 192 Å². The van der Waals surface area contributed by atoms with Crippen molar-refractivity contribution in [2.75, 3.05) is 0 Å². The van der Waals surface area contributed by atoms with Gasteiger partial charge in [0.25, 0.3) is 0 Å². The zero-order valence-corrected chi connectivity index (χ0v) is 20.5. The van der Waals surface area contributed by atoms with Crippen LogP contribution in [-0.2, 0) is 10.8 Å². The van der Waals surface area contributed by atoms with Gasteiger partial charge in [-0.3, -0.25) is 0 Å². The molecule has 0 fully saturated rings. The highest BCUT2D eigenvalue weighted by molar-refractivity contribution is 5.58. The number of phenolic OH excluding ortho intramolecular Hbond substituents is 3. The number of para-hydroxylation sites is 1. The summed E-state index contributed by atoms with van der Waals surface area (Å²) >= 11 is 0. The number of benzene rings is 3. The van der Waals surface area contributed by atoms with E-state index >= 15 is 0 Å². The summed E-state index contributed by atoms with van der Waals surface area (Å²) in [6.45, 7) is 16.5. The van der Waals surface area contributed by atoms with Crippen LogP contribution < -0.4 is 0 Å². The average molecular weight is 433 g/mol. The van der Waals surface area contributed by atoms with Crippen molar-refractivity contribution in [1.82, 2.24) is 0 Å². The van der Waals surface area contributed by atoms with Crippen LogP contribution in [0.4, 0.5) is 0 Å². The molecule has 0 radical (unpaired) electrons. The molecule has 0 aliphatic heterocycles. The molecule has 0 heterocycles. The lowest BCUT2D eigenvalue weighted by Gasteiger charge is -2.29. The monoisotopic (exact) mass is 432 g/mol. The van der Waals surface area contributed by atoms with Gasteiger partial charge in [0.05, 0.1) is 0 Å². The molecular weight excluding hydrogens is 396 g/mol. The normalized spacial score (nSPS) is 12.4. The molecule has 0 atom stereocenters. The third kappa shape index (κ3) is 4.48. The van der Waals surface area contributed by atoms with E-state index in [1.54, 1.807) is 6.07 Å². The van der Waals surface area contributed by atoms with Crippen LogP contribution >= 0.6 is 0 Å². The maximum atomic E-state index is 10.9. The third-order valence-corrected chi connectivity index (χ3v) is 6.25. The Hall–Kier alpha value is -2.94. The van der Waals surface area contributed by atoms with Crippen LogP contribution in [0.5, 0.6) is 17.2 Å². The van der Waals surface area contributed by atoms with Gasteiger partial charge in [0, 0.05) is 11.5 Å². The Morgan fingerprint density at radius 2 is 0.969 bits per heavy atom. The average Bonchev–Trinajstić information content (AvgIpc) is 2.64. The molecule has 0 aliphatic carbocycles. The molecule has 0 aromatic heterocycles. The quantitative estimate of drug-likeness (QED) is 0.384. The molecule has 3 nitrogen and oxygen atoms in total. The summed E-state index contributed by atoms with van der Waals surface area (Å²) in [5.41, 5.74) is 6.02. The van der Waals surface area contributed by atoms with Gasteiger partial charge in [0.2, 0.25) is 0 Å². The fourth-order valence-corrected chi connectivity index (χ4v) is 4.48. The van der Waals surface area contributed by atoms with Crippen LogP contribution in [-0.4, -0.2) is 15.3 Å². The maximum Gasteiger partial charge on any atom is 0.119 e. The minimum absolute atomic E-state index is 0.229. The number of hydrogen-bond donors (Lipinski definition) is 3. The highest BCUT2D eigenvalue weighted by Gasteiger charge is 2.29. The van der Waals surface area contributed by atoms with Gasteiger partial charge in [-0.15, -0.1) is 0 Å². The predicted molar refractivity (Wildman–Crippen MR) is 132 cm³/mol. The smallest absolute Gasteiger partial charge is 0.119 e. The zero-order valence-electron chi connectivity index (χ0n) is 20.5. The van der Waals surface area contributed by atoms with Gasteiger partial charge in [-0.05, 0) is 76.3 Å². The van der Waals surface area contributed by atoms with Crippen molar-refractivity contribution in [1.29, 1.82) is 0 Å². The van der Waals surface area contributed by atoms with Crippen molar-refractivity contribution < 1.29 is 15.3 Å². The van der Waals surface area contributed by atoms with E-state index in [-0.39, 0.29) is 34.0 Å². The first-order chi connectivity index (χ1) is 14.7. The van der Waals surface area contributed by atoms with Gasteiger partial charge in [-0.25, -0.2) is 0 Å². The summed E-state index contributed by atoms with van der Waals surface area (Å²) in [4.78, 5) is 0. The molecule has 0 spiro atoms. The first-order valence-corrected chi connectivity index (χ1v) is 11.2. The lowest BCUT2D eigenvalue weighted by molar-refractivity contribution is 0.445. The molecule has 3 aromatic rings. The number of hydrogen-bond acceptors (Lipinski definition) is 3. The van der Waals surface area contributed by atoms with Gasteiger partial charge in [-0.1, -0.05) is 71.9 Å². The number of aryl methyl sites for hydroxylation is 2. The summed E-state index contributed by atoms with van der Waals surface area (Å²) in [6, 6.07) is 15.2. The van der Waals surface area contributed by atoms with Crippen molar-refractivity contribution in [3.8, 4) is 17.2 Å². The van der Waals surface area contributed by atoms with Crippen LogP contribution in [0.1, 0.15) is 86.4 Å². The Morgan fingerprint density at radius 3 is 1.34 bits per heavy atom. The fourth-order valence-electron chi connectivity index (χ4n) is 4.48. The predicted octanol–water partition coefficient (Wildman–Crippen LogP) is 7.20. The van der Waals surface area contributed by atoms with Crippen LogP contribution in [0, 0.1) is 13.8 Å². The minimum Gasteiger partial charge on any atom is -0.508 e. The Kier molecular flexibility index (Phi) is 6.08. The molecule has 3 rings (SSSR count). The molecule has 32 heavy (non-hydrogen) atoms. The van der Waals surface area contributed by atoms with Crippen LogP contribution in [0.3, 0.4) is 0 Å². The molecule has 0 bridgehead atoms. The van der Waals surface area contributed by atoms with Gasteiger partial charge >= 0.3 is 0 Å². The Morgan fingerprint density at radius 1 is 0.562 bits per heavy atom. The van der Waals surface area contributed by atoms with E-state index in [9.17, 15) is 15.3 Å². The lowest BCUT2D eigenvalue weighted by atomic mass is 9.75. The highest BCUT2D eigenvalue weighted by atomic mass is 16.3. The van der Waals surface area contributed by atoms with Crippen LogP contribution in [0.2, 0.25) is 0 Å². The summed E-state index contributed by atoms with van der Waals surface area (Å²) in [6.07, 6.45) is 0. The van der Waals surface area contributed by atoms with Crippen molar-refractivity contribution in [2.45, 2.75) is 72.1 Å². The summed E-state index contributed by atoms with van der Waals surface area (Å²) in [7, 11) is 0. The molecule has 0 saturated heterocycles. The molecule has 3 heteroatoms. The summed E-state index contributed by atoms with van der Waals surface area (Å²) in [5, 5.41) is 32.2. The molecule has 0 amide bonds. The first-order valence-electron chi connectivity index (χ1n) is 11.2. The molecule has 0 unspecified atom stereocenters. The van der Waals surface area contributed by atoms with E-state index in [1.165, 1.54) is 0 Å². The zero-order chi connectivity index (χ0) is 24.0. The number of phenols is 3.